The number of benzene rings is 1. The second-order valence-electron chi connectivity index (χ2n) is 14.4. The molecule has 0 saturated carbocycles. The monoisotopic (exact) mass is 630 g/mol. The average Bonchev–Trinajstić information content (AvgIpc) is 3.85. The van der Waals surface area contributed by atoms with Crippen molar-refractivity contribution >= 4 is 5.91 Å². The van der Waals surface area contributed by atoms with Gasteiger partial charge < -0.3 is 24.5 Å². The van der Waals surface area contributed by atoms with Crippen LogP contribution in [0.5, 0.6) is 0 Å². The van der Waals surface area contributed by atoms with E-state index < -0.39 is 0 Å². The molecule has 2 aromatic heterocycles. The Bertz CT molecular complexity index is 1280. The highest BCUT2D eigenvalue weighted by Crippen LogP contribution is 2.41. The van der Waals surface area contributed by atoms with E-state index >= 15 is 0 Å². The average molecular weight is 631 g/mol. The molecule has 3 aliphatic heterocycles. The molecule has 0 aliphatic carbocycles. The van der Waals surface area contributed by atoms with E-state index in [9.17, 15) is 4.79 Å². The molecule has 2 N–H and O–H groups in total. The summed E-state index contributed by atoms with van der Waals surface area (Å²) in [7, 11) is 0. The molecule has 0 unspecified atom stereocenters. The second-order valence-corrected chi connectivity index (χ2v) is 14.4. The quantitative estimate of drug-likeness (QED) is 0.279. The number of nitrogens with zero attached hydrogens (tertiary/aromatic N) is 6. The molecule has 250 valence electrons. The topological polar surface area (TPSA) is 96.6 Å². The van der Waals surface area contributed by atoms with Crippen LogP contribution in [0.1, 0.15) is 60.7 Å². The van der Waals surface area contributed by atoms with Gasteiger partial charge in [0.2, 0.25) is 0 Å². The van der Waals surface area contributed by atoms with Crippen LogP contribution in [0.2, 0.25) is 0 Å². The summed E-state index contributed by atoms with van der Waals surface area (Å²) in [5.41, 5.74) is 2.54. The van der Waals surface area contributed by atoms with Gasteiger partial charge in [-0.1, -0.05) is 26.0 Å². The lowest BCUT2D eigenvalue weighted by Crippen LogP contribution is -2.45. The maximum atomic E-state index is 14.1. The van der Waals surface area contributed by atoms with Gasteiger partial charge >= 0.3 is 0 Å². The van der Waals surface area contributed by atoms with E-state index in [0.29, 0.717) is 18.5 Å². The van der Waals surface area contributed by atoms with Crippen LogP contribution in [-0.4, -0.2) is 124 Å². The van der Waals surface area contributed by atoms with E-state index in [2.05, 4.69) is 65.5 Å². The van der Waals surface area contributed by atoms with E-state index in [4.69, 9.17) is 4.74 Å². The molecule has 1 amide bonds. The van der Waals surface area contributed by atoms with Crippen molar-refractivity contribution in [2.75, 3.05) is 78.7 Å². The maximum Gasteiger partial charge on any atom is 0.253 e. The van der Waals surface area contributed by atoms with Crippen molar-refractivity contribution in [3.63, 3.8) is 0 Å². The number of hydrogen-bond acceptors (Lipinski definition) is 7. The summed E-state index contributed by atoms with van der Waals surface area (Å²) in [6.45, 7) is 17.2. The van der Waals surface area contributed by atoms with Crippen molar-refractivity contribution in [2.24, 2.45) is 17.3 Å². The van der Waals surface area contributed by atoms with Crippen molar-refractivity contribution in [1.82, 2.24) is 39.5 Å². The first-order valence-corrected chi connectivity index (χ1v) is 17.5. The molecule has 5 heterocycles. The van der Waals surface area contributed by atoms with E-state index in [1.54, 1.807) is 12.4 Å². The number of piperidine rings is 1. The summed E-state index contributed by atoms with van der Waals surface area (Å²) < 4.78 is 5.56. The molecular weight excluding hydrogens is 576 g/mol. The minimum Gasteiger partial charge on any atom is -0.379 e. The number of imidazole rings is 2. The summed E-state index contributed by atoms with van der Waals surface area (Å²) in [5.74, 6) is 2.88. The van der Waals surface area contributed by atoms with Gasteiger partial charge in [0, 0.05) is 95.6 Å². The standard InChI is InChI=1S/C36H54N8O2/c1-29(2)25-42-14-7-36(8-15-42)9-16-43(28-36)26-30-3-5-32(6-4-30)35(45)44(18-17-41-19-21-46-22-20-41)27-31(23-33-37-10-11-38-33)24-34-39-12-13-40-34/h3-6,10-13,29,31H,7-9,14-28H2,1-2H3,(H,37,38)(H,39,40). The predicted molar refractivity (Wildman–Crippen MR) is 181 cm³/mol. The van der Waals surface area contributed by atoms with Gasteiger partial charge in [-0.25, -0.2) is 9.97 Å². The number of H-pyrrole nitrogens is 2. The predicted octanol–water partition coefficient (Wildman–Crippen LogP) is 3.95. The Morgan fingerprint density at radius 3 is 2.11 bits per heavy atom. The molecule has 0 bridgehead atoms. The van der Waals surface area contributed by atoms with Crippen LogP contribution < -0.4 is 0 Å². The Morgan fingerprint density at radius 1 is 0.891 bits per heavy atom. The van der Waals surface area contributed by atoms with E-state index in [0.717, 1.165) is 75.4 Å². The van der Waals surface area contributed by atoms with Crippen LogP contribution in [0.3, 0.4) is 0 Å². The molecule has 10 nitrogen and oxygen atoms in total. The molecule has 46 heavy (non-hydrogen) atoms. The highest BCUT2D eigenvalue weighted by atomic mass is 16.5. The van der Waals surface area contributed by atoms with Crippen LogP contribution >= 0.6 is 0 Å². The molecule has 1 spiro atoms. The Hall–Kier alpha value is -3.05. The fourth-order valence-electron chi connectivity index (χ4n) is 7.73. The molecule has 0 atom stereocenters. The third kappa shape index (κ3) is 9.06. The van der Waals surface area contributed by atoms with Crippen molar-refractivity contribution in [3.05, 3.63) is 71.8 Å². The fraction of sp³-hybridized carbons (Fsp3) is 0.639. The summed E-state index contributed by atoms with van der Waals surface area (Å²) in [5, 5.41) is 0. The minimum atomic E-state index is 0.0944. The van der Waals surface area contributed by atoms with Crippen LogP contribution in [0.15, 0.2) is 49.1 Å². The van der Waals surface area contributed by atoms with Gasteiger partial charge in [0.05, 0.1) is 13.2 Å². The molecule has 3 fully saturated rings. The largest absolute Gasteiger partial charge is 0.379 e. The Balaban J connectivity index is 1.09. The molecule has 0 radical (unpaired) electrons. The smallest absolute Gasteiger partial charge is 0.253 e. The van der Waals surface area contributed by atoms with Crippen molar-refractivity contribution < 1.29 is 9.53 Å². The zero-order valence-electron chi connectivity index (χ0n) is 28.0. The van der Waals surface area contributed by atoms with Crippen LogP contribution in [-0.2, 0) is 24.1 Å². The van der Waals surface area contributed by atoms with E-state index in [1.165, 1.54) is 57.5 Å². The molecule has 10 heteroatoms. The van der Waals surface area contributed by atoms with Gasteiger partial charge in [-0.15, -0.1) is 0 Å². The first-order chi connectivity index (χ1) is 22.4. The first-order valence-electron chi connectivity index (χ1n) is 17.5. The molecule has 3 aromatic rings. The molecule has 1 aromatic carbocycles. The number of hydrogen-bond donors (Lipinski definition) is 2. The summed E-state index contributed by atoms with van der Waals surface area (Å²) in [6, 6.07) is 8.44. The molecular formula is C36H54N8O2. The number of nitrogens with one attached hydrogen (secondary N) is 2. The summed E-state index contributed by atoms with van der Waals surface area (Å²) in [6.07, 6.45) is 12.8. The Morgan fingerprint density at radius 2 is 1.52 bits per heavy atom. The van der Waals surface area contributed by atoms with Gasteiger partial charge in [-0.3, -0.25) is 14.6 Å². The first kappa shape index (κ1) is 32.9. The van der Waals surface area contributed by atoms with Gasteiger partial charge in [-0.05, 0) is 73.8 Å². The number of morpholine rings is 1. The van der Waals surface area contributed by atoms with Gasteiger partial charge in [0.25, 0.3) is 5.91 Å². The minimum absolute atomic E-state index is 0.0944. The molecule has 6 rings (SSSR count). The fourth-order valence-corrected chi connectivity index (χ4v) is 7.73. The number of rotatable bonds is 14. The molecule has 3 aliphatic rings. The van der Waals surface area contributed by atoms with Crippen LogP contribution in [0, 0.1) is 17.3 Å². The van der Waals surface area contributed by atoms with Crippen molar-refractivity contribution in [1.29, 1.82) is 0 Å². The number of aromatic nitrogens is 4. The number of amides is 1. The van der Waals surface area contributed by atoms with Gasteiger partial charge in [-0.2, -0.15) is 0 Å². The Labute approximate surface area is 274 Å². The second kappa shape index (κ2) is 15.7. The van der Waals surface area contributed by atoms with Gasteiger partial charge in [0.15, 0.2) is 0 Å². The van der Waals surface area contributed by atoms with Crippen LogP contribution in [0.4, 0.5) is 0 Å². The number of carbonyl (C=O) groups is 1. The van der Waals surface area contributed by atoms with E-state index in [1.807, 2.05) is 24.5 Å². The Kier molecular flexibility index (Phi) is 11.2. The van der Waals surface area contributed by atoms with Gasteiger partial charge in [0.1, 0.15) is 11.6 Å². The van der Waals surface area contributed by atoms with E-state index in [-0.39, 0.29) is 11.8 Å². The highest BCUT2D eigenvalue weighted by Gasteiger charge is 2.40. The maximum absolute atomic E-state index is 14.1. The van der Waals surface area contributed by atoms with Crippen LogP contribution in [0.25, 0.3) is 0 Å². The number of carbonyl (C=O) groups excluding carboxylic acids is 1. The van der Waals surface area contributed by atoms with Crippen molar-refractivity contribution in [3.8, 4) is 0 Å². The summed E-state index contributed by atoms with van der Waals surface area (Å²) in [4.78, 5) is 39.4. The molecule has 3 saturated heterocycles. The SMILES string of the molecule is CC(C)CN1CCC2(CC1)CCN(Cc1ccc(C(=O)N(CCN3CCOCC3)CC(Cc3ncc[nH]3)Cc3ncc[nH]3)cc1)C2. The zero-order valence-corrected chi connectivity index (χ0v) is 28.0. The number of ether oxygens (including phenoxy) is 1. The van der Waals surface area contributed by atoms with Crippen molar-refractivity contribution in [2.45, 2.75) is 52.5 Å². The lowest BCUT2D eigenvalue weighted by atomic mass is 9.77. The lowest BCUT2D eigenvalue weighted by molar-refractivity contribution is 0.0315. The third-order valence-corrected chi connectivity index (χ3v) is 10.3. The lowest BCUT2D eigenvalue weighted by Gasteiger charge is -2.40. The summed E-state index contributed by atoms with van der Waals surface area (Å²) >= 11 is 0. The number of likely N-dealkylation sites (tertiary alicyclic amines) is 2. The third-order valence-electron chi connectivity index (χ3n) is 10.3. The normalized spacial score (nSPS) is 19.5. The highest BCUT2D eigenvalue weighted by molar-refractivity contribution is 5.94. The number of aromatic amines is 2. The zero-order chi connectivity index (χ0) is 31.8.